The van der Waals surface area contributed by atoms with Crippen molar-refractivity contribution in [2.45, 2.75) is 20.0 Å². The van der Waals surface area contributed by atoms with Crippen molar-refractivity contribution in [1.29, 1.82) is 0 Å². The predicted molar refractivity (Wildman–Crippen MR) is 88.2 cm³/mol. The Kier molecular flexibility index (Phi) is 3.87. The number of hydrogen-bond donors (Lipinski definition) is 0. The number of carbonyl (C=O) groups excluding carboxylic acids is 3. The van der Waals surface area contributed by atoms with E-state index in [2.05, 4.69) is 4.98 Å². The van der Waals surface area contributed by atoms with Crippen LogP contribution in [0.15, 0.2) is 24.3 Å². The Morgan fingerprint density at radius 2 is 1.88 bits per heavy atom. The summed E-state index contributed by atoms with van der Waals surface area (Å²) < 4.78 is 5.17. The molecule has 2 bridgehead atoms. The first-order valence-corrected chi connectivity index (χ1v) is 8.64. The number of nitrogens with zero attached hydrogens (tertiary/aromatic N) is 2. The predicted octanol–water partition coefficient (Wildman–Crippen LogP) is 1.89. The van der Waals surface area contributed by atoms with Gasteiger partial charge in [0.2, 0.25) is 11.8 Å². The molecule has 2 aliphatic carbocycles. The molecule has 4 rings (SSSR count). The molecule has 1 aromatic heterocycles. The SMILES string of the molecule is Cc1cc(Cl)nc(COC(=O)CN2C(=O)C3C4C=CC(C4)C3C2=O)c1. The molecule has 7 heteroatoms. The maximum Gasteiger partial charge on any atom is 0.326 e. The van der Waals surface area contributed by atoms with Gasteiger partial charge >= 0.3 is 5.97 Å². The molecule has 4 unspecified atom stereocenters. The van der Waals surface area contributed by atoms with Crippen LogP contribution in [0.1, 0.15) is 17.7 Å². The number of ether oxygens (including phenoxy) is 1. The third kappa shape index (κ3) is 2.74. The summed E-state index contributed by atoms with van der Waals surface area (Å²) in [5.74, 6) is -1.46. The van der Waals surface area contributed by atoms with Gasteiger partial charge in [0.05, 0.1) is 17.5 Å². The molecule has 0 N–H and O–H groups in total. The molecule has 2 fully saturated rings. The molecular weight excluding hydrogens is 344 g/mol. The van der Waals surface area contributed by atoms with Gasteiger partial charge in [-0.25, -0.2) is 4.98 Å². The zero-order valence-electron chi connectivity index (χ0n) is 13.6. The molecule has 1 aliphatic heterocycles. The van der Waals surface area contributed by atoms with E-state index in [1.807, 2.05) is 19.1 Å². The van der Waals surface area contributed by atoms with Crippen LogP contribution < -0.4 is 0 Å². The van der Waals surface area contributed by atoms with E-state index in [1.54, 1.807) is 12.1 Å². The lowest BCUT2D eigenvalue weighted by Crippen LogP contribution is -2.38. The van der Waals surface area contributed by atoms with Crippen LogP contribution in [0.4, 0.5) is 0 Å². The van der Waals surface area contributed by atoms with Crippen LogP contribution in [0.5, 0.6) is 0 Å². The number of amides is 2. The van der Waals surface area contributed by atoms with E-state index >= 15 is 0 Å². The number of allylic oxidation sites excluding steroid dienone is 2. The van der Waals surface area contributed by atoms with Crippen LogP contribution in [-0.2, 0) is 25.7 Å². The molecule has 3 aliphatic rings. The summed E-state index contributed by atoms with van der Waals surface area (Å²) in [6.45, 7) is 1.47. The standard InChI is InChI=1S/C18H17ClN2O4/c1-9-4-12(20-13(19)5-9)8-25-14(22)7-21-17(23)15-10-2-3-11(6-10)16(15)18(21)24/h2-5,10-11,15-16H,6-8H2,1H3. The van der Waals surface area contributed by atoms with Gasteiger partial charge in [-0.2, -0.15) is 0 Å². The number of fused-ring (bicyclic) bond motifs is 5. The van der Waals surface area contributed by atoms with Crippen LogP contribution >= 0.6 is 11.6 Å². The molecule has 130 valence electrons. The van der Waals surface area contributed by atoms with Gasteiger partial charge in [-0.15, -0.1) is 0 Å². The fourth-order valence-electron chi connectivity index (χ4n) is 4.22. The number of likely N-dealkylation sites (tertiary alicyclic amines) is 1. The first kappa shape index (κ1) is 16.3. The van der Waals surface area contributed by atoms with Gasteiger partial charge in [0.1, 0.15) is 18.3 Å². The topological polar surface area (TPSA) is 76.6 Å². The van der Waals surface area contributed by atoms with E-state index < -0.39 is 5.97 Å². The lowest BCUT2D eigenvalue weighted by Gasteiger charge is -2.16. The van der Waals surface area contributed by atoms with Gasteiger partial charge in [-0.05, 0) is 42.9 Å². The third-order valence-corrected chi connectivity index (χ3v) is 5.41. The highest BCUT2D eigenvalue weighted by atomic mass is 35.5. The number of carbonyl (C=O) groups is 3. The second-order valence-corrected chi connectivity index (χ2v) is 7.27. The van der Waals surface area contributed by atoms with Gasteiger partial charge in [0.25, 0.3) is 0 Å². The Labute approximate surface area is 149 Å². The van der Waals surface area contributed by atoms with E-state index in [0.29, 0.717) is 10.8 Å². The van der Waals surface area contributed by atoms with Crippen molar-refractivity contribution in [2.75, 3.05) is 6.54 Å². The summed E-state index contributed by atoms with van der Waals surface area (Å²) in [5, 5.41) is 0.326. The normalized spacial score (nSPS) is 29.4. The molecular formula is C18H17ClN2O4. The van der Waals surface area contributed by atoms with Crippen molar-refractivity contribution in [2.24, 2.45) is 23.7 Å². The number of aromatic nitrogens is 1. The number of aryl methyl sites for hydroxylation is 1. The summed E-state index contributed by atoms with van der Waals surface area (Å²) in [6.07, 6.45) is 4.91. The van der Waals surface area contributed by atoms with Crippen LogP contribution in [0.2, 0.25) is 5.15 Å². The Morgan fingerprint density at radius 1 is 1.24 bits per heavy atom. The number of hydrogen-bond acceptors (Lipinski definition) is 5. The third-order valence-electron chi connectivity index (χ3n) is 5.22. The van der Waals surface area contributed by atoms with E-state index in [4.69, 9.17) is 16.3 Å². The number of halogens is 1. The van der Waals surface area contributed by atoms with Crippen molar-refractivity contribution >= 4 is 29.4 Å². The van der Waals surface area contributed by atoms with E-state index in [0.717, 1.165) is 16.9 Å². The van der Waals surface area contributed by atoms with E-state index in [9.17, 15) is 14.4 Å². The largest absolute Gasteiger partial charge is 0.458 e. The van der Waals surface area contributed by atoms with Crippen molar-refractivity contribution in [3.8, 4) is 0 Å². The van der Waals surface area contributed by atoms with Crippen molar-refractivity contribution in [3.63, 3.8) is 0 Å². The fourth-order valence-corrected chi connectivity index (χ4v) is 4.50. The minimum atomic E-state index is -0.624. The molecule has 4 atom stereocenters. The molecule has 0 spiro atoms. The lowest BCUT2D eigenvalue weighted by atomic mass is 9.85. The highest BCUT2D eigenvalue weighted by molar-refractivity contribution is 6.29. The van der Waals surface area contributed by atoms with Crippen LogP contribution in [0, 0.1) is 30.6 Å². The first-order chi connectivity index (χ1) is 11.9. The average molecular weight is 361 g/mol. The monoisotopic (exact) mass is 360 g/mol. The van der Waals surface area contributed by atoms with Crippen molar-refractivity contribution in [3.05, 3.63) is 40.7 Å². The lowest BCUT2D eigenvalue weighted by molar-refractivity contribution is -0.154. The van der Waals surface area contributed by atoms with Crippen LogP contribution in [-0.4, -0.2) is 34.2 Å². The van der Waals surface area contributed by atoms with Crippen molar-refractivity contribution in [1.82, 2.24) is 9.88 Å². The Hall–Kier alpha value is -2.21. The molecule has 0 radical (unpaired) electrons. The van der Waals surface area contributed by atoms with E-state index in [-0.39, 0.29) is 48.6 Å². The molecule has 1 aromatic rings. The van der Waals surface area contributed by atoms with Crippen molar-refractivity contribution < 1.29 is 19.1 Å². The van der Waals surface area contributed by atoms with Gasteiger partial charge in [-0.1, -0.05) is 23.8 Å². The minimum absolute atomic E-state index is 0.0455. The zero-order valence-corrected chi connectivity index (χ0v) is 14.4. The van der Waals surface area contributed by atoms with Gasteiger partial charge < -0.3 is 4.74 Å². The Bertz CT molecular complexity index is 756. The maximum atomic E-state index is 12.5. The molecule has 6 nitrogen and oxygen atoms in total. The molecule has 1 saturated carbocycles. The molecule has 25 heavy (non-hydrogen) atoms. The minimum Gasteiger partial charge on any atom is -0.458 e. The quantitative estimate of drug-likeness (QED) is 0.355. The van der Waals surface area contributed by atoms with Crippen LogP contribution in [0.25, 0.3) is 0 Å². The molecule has 0 aromatic carbocycles. The molecule has 1 saturated heterocycles. The summed E-state index contributed by atoms with van der Waals surface area (Å²) in [5.41, 5.74) is 1.43. The van der Waals surface area contributed by atoms with Gasteiger partial charge in [0, 0.05) is 0 Å². The zero-order chi connectivity index (χ0) is 17.7. The van der Waals surface area contributed by atoms with Gasteiger partial charge in [-0.3, -0.25) is 19.3 Å². The number of rotatable bonds is 4. The molecule has 2 heterocycles. The summed E-state index contributed by atoms with van der Waals surface area (Å²) in [6, 6.07) is 3.47. The summed E-state index contributed by atoms with van der Waals surface area (Å²) in [4.78, 5) is 42.3. The fraction of sp³-hybridized carbons (Fsp3) is 0.444. The second-order valence-electron chi connectivity index (χ2n) is 6.88. The molecule has 2 amide bonds. The highest BCUT2D eigenvalue weighted by Crippen LogP contribution is 2.52. The smallest absolute Gasteiger partial charge is 0.326 e. The maximum absolute atomic E-state index is 12.5. The summed E-state index contributed by atoms with van der Waals surface area (Å²) in [7, 11) is 0. The Morgan fingerprint density at radius 3 is 2.48 bits per heavy atom. The second kappa shape index (κ2) is 5.95. The summed E-state index contributed by atoms with van der Waals surface area (Å²) >= 11 is 5.87. The highest BCUT2D eigenvalue weighted by Gasteiger charge is 2.59. The number of esters is 1. The van der Waals surface area contributed by atoms with E-state index in [1.165, 1.54) is 0 Å². The first-order valence-electron chi connectivity index (χ1n) is 8.26. The number of imide groups is 1. The van der Waals surface area contributed by atoms with Gasteiger partial charge in [0.15, 0.2) is 0 Å². The number of pyridine rings is 1. The average Bonchev–Trinajstić information content (AvgIpc) is 3.22. The van der Waals surface area contributed by atoms with Crippen LogP contribution in [0.3, 0.4) is 0 Å². The Balaban J connectivity index is 1.38.